The van der Waals surface area contributed by atoms with Gasteiger partial charge in [-0.15, -0.1) is 0 Å². The van der Waals surface area contributed by atoms with Crippen molar-refractivity contribution in [2.24, 2.45) is 0 Å². The van der Waals surface area contributed by atoms with Crippen LogP contribution in [-0.2, 0) is 5.54 Å². The first-order chi connectivity index (χ1) is 18.1. The van der Waals surface area contributed by atoms with Gasteiger partial charge < -0.3 is 5.32 Å². The predicted molar refractivity (Wildman–Crippen MR) is 143 cm³/mol. The Labute approximate surface area is 226 Å². The second-order valence-electron chi connectivity index (χ2n) is 8.54. The fourth-order valence-electron chi connectivity index (χ4n) is 3.43. The van der Waals surface area contributed by atoms with Crippen LogP contribution in [-0.4, -0.2) is 25.7 Å². The normalized spacial score (nSPS) is 11.1. The number of benzene rings is 2. The number of nitrogens with one attached hydrogen (secondary N) is 1. The fraction of sp³-hybridized carbons (Fsp3) is 0.115. The van der Waals surface area contributed by atoms with Gasteiger partial charge in [0.2, 0.25) is 0 Å². The van der Waals surface area contributed by atoms with Crippen LogP contribution in [0.3, 0.4) is 0 Å². The average molecular weight is 548 g/mol. The summed E-state index contributed by atoms with van der Waals surface area (Å²) in [6.45, 7) is 3.68. The van der Waals surface area contributed by atoms with Crippen molar-refractivity contribution in [3.63, 3.8) is 0 Å². The van der Waals surface area contributed by atoms with Crippen LogP contribution in [0.25, 0.3) is 0 Å². The lowest BCUT2D eigenvalue weighted by molar-refractivity contribution is -0.385. The van der Waals surface area contributed by atoms with Crippen LogP contribution in [0.4, 0.5) is 11.4 Å². The molecule has 2 aromatic carbocycles. The molecular formula is C26H21N5O5S2. The molecule has 2 heterocycles. The lowest BCUT2D eigenvalue weighted by Crippen LogP contribution is -2.41. The maximum atomic E-state index is 13.4. The Morgan fingerprint density at radius 2 is 1.37 bits per heavy atom. The molecule has 0 fully saturated rings. The van der Waals surface area contributed by atoms with Crippen LogP contribution < -0.4 is 5.32 Å². The van der Waals surface area contributed by atoms with Gasteiger partial charge in [-0.05, 0) is 50.2 Å². The third-order valence-electron chi connectivity index (χ3n) is 5.27. The number of rotatable bonds is 9. The highest BCUT2D eigenvalue weighted by atomic mass is 32.2. The largest absolute Gasteiger partial charge is 0.342 e. The molecular weight excluding hydrogens is 526 g/mol. The van der Waals surface area contributed by atoms with E-state index in [4.69, 9.17) is 0 Å². The summed E-state index contributed by atoms with van der Waals surface area (Å²) in [6.07, 6.45) is 1.65. The van der Waals surface area contributed by atoms with Crippen LogP contribution in [0.2, 0.25) is 0 Å². The number of hydrogen-bond donors (Lipinski definition) is 1. The second-order valence-corrected chi connectivity index (χ2v) is 10.7. The van der Waals surface area contributed by atoms with Crippen LogP contribution in [0.15, 0.2) is 105 Å². The zero-order valence-corrected chi connectivity index (χ0v) is 21.9. The Morgan fingerprint density at radius 3 is 1.84 bits per heavy atom. The molecule has 0 aliphatic rings. The van der Waals surface area contributed by atoms with E-state index in [0.717, 1.165) is 0 Å². The molecule has 4 rings (SSSR count). The molecule has 1 N–H and O–H groups in total. The van der Waals surface area contributed by atoms with E-state index in [0.29, 0.717) is 31.1 Å². The van der Waals surface area contributed by atoms with Crippen molar-refractivity contribution in [3.8, 4) is 0 Å². The summed E-state index contributed by atoms with van der Waals surface area (Å²) >= 11 is 2.34. The lowest BCUT2D eigenvalue weighted by atomic mass is 9.99. The summed E-state index contributed by atoms with van der Waals surface area (Å²) < 4.78 is 0. The molecule has 12 heteroatoms. The van der Waals surface area contributed by atoms with Crippen molar-refractivity contribution in [2.75, 3.05) is 0 Å². The summed E-state index contributed by atoms with van der Waals surface area (Å²) in [7, 11) is 0. The van der Waals surface area contributed by atoms with E-state index < -0.39 is 15.4 Å². The summed E-state index contributed by atoms with van der Waals surface area (Å²) in [4.78, 5) is 44.9. The van der Waals surface area contributed by atoms with Crippen LogP contribution in [0.1, 0.15) is 29.9 Å². The SMILES string of the molecule is CC(C)(NC(=O)c1cc(Sc2cccc([N+](=O)[O-])c2)nc(Sc2cccc([N+](=O)[O-])c2)c1)c1ccccn1. The third-order valence-corrected chi connectivity index (χ3v) is 7.09. The van der Waals surface area contributed by atoms with Gasteiger partial charge >= 0.3 is 0 Å². The molecule has 192 valence electrons. The lowest BCUT2D eigenvalue weighted by Gasteiger charge is -2.25. The summed E-state index contributed by atoms with van der Waals surface area (Å²) in [5.41, 5.74) is 0.0894. The van der Waals surface area contributed by atoms with E-state index >= 15 is 0 Å². The smallest absolute Gasteiger partial charge is 0.270 e. The Balaban J connectivity index is 1.69. The van der Waals surface area contributed by atoms with Crippen molar-refractivity contribution in [1.29, 1.82) is 0 Å². The van der Waals surface area contributed by atoms with Gasteiger partial charge in [-0.25, -0.2) is 4.98 Å². The molecule has 38 heavy (non-hydrogen) atoms. The van der Waals surface area contributed by atoms with E-state index in [1.807, 2.05) is 26.0 Å². The van der Waals surface area contributed by atoms with Gasteiger partial charge in [-0.1, -0.05) is 41.7 Å². The van der Waals surface area contributed by atoms with Crippen molar-refractivity contribution >= 4 is 40.8 Å². The van der Waals surface area contributed by atoms with Crippen molar-refractivity contribution in [1.82, 2.24) is 15.3 Å². The number of aromatic nitrogens is 2. The van der Waals surface area contributed by atoms with Crippen LogP contribution in [0, 0.1) is 20.2 Å². The maximum absolute atomic E-state index is 13.4. The molecule has 10 nitrogen and oxygen atoms in total. The first kappa shape index (κ1) is 26.8. The molecule has 4 aromatic rings. The summed E-state index contributed by atoms with van der Waals surface area (Å²) in [5.74, 6) is -0.371. The second kappa shape index (κ2) is 11.4. The zero-order chi connectivity index (χ0) is 27.3. The number of nitrogens with zero attached hydrogens (tertiary/aromatic N) is 4. The Morgan fingerprint density at radius 1 is 0.816 bits per heavy atom. The minimum atomic E-state index is -0.775. The molecule has 0 saturated heterocycles. The Hall–Kier alpha value is -4.29. The summed E-state index contributed by atoms with van der Waals surface area (Å²) in [6, 6.07) is 20.9. The highest BCUT2D eigenvalue weighted by molar-refractivity contribution is 8.00. The van der Waals surface area contributed by atoms with Crippen LogP contribution >= 0.6 is 23.5 Å². The number of carbonyl (C=O) groups is 1. The Bertz CT molecular complexity index is 1440. The van der Waals surface area contributed by atoms with E-state index in [1.54, 1.807) is 48.7 Å². The molecule has 0 spiro atoms. The topological polar surface area (TPSA) is 141 Å². The molecule has 0 radical (unpaired) electrons. The van der Waals surface area contributed by atoms with Crippen molar-refractivity contribution in [2.45, 2.75) is 39.2 Å². The first-order valence-corrected chi connectivity index (χ1v) is 12.8. The van der Waals surface area contributed by atoms with Gasteiger partial charge in [-0.2, -0.15) is 0 Å². The highest BCUT2D eigenvalue weighted by Gasteiger charge is 2.25. The number of amides is 1. The number of carbonyl (C=O) groups excluding carboxylic acids is 1. The molecule has 0 saturated carbocycles. The average Bonchev–Trinajstić information content (AvgIpc) is 2.89. The minimum absolute atomic E-state index is 0.0628. The molecule has 0 atom stereocenters. The van der Waals surface area contributed by atoms with Gasteiger partial charge in [0.05, 0.1) is 21.1 Å². The molecule has 2 aromatic heterocycles. The van der Waals surface area contributed by atoms with Crippen LogP contribution in [0.5, 0.6) is 0 Å². The third kappa shape index (κ3) is 6.72. The number of pyridine rings is 2. The van der Waals surface area contributed by atoms with E-state index in [-0.39, 0.29) is 17.3 Å². The molecule has 0 aliphatic heterocycles. The highest BCUT2D eigenvalue weighted by Crippen LogP contribution is 2.34. The molecule has 0 aliphatic carbocycles. The summed E-state index contributed by atoms with van der Waals surface area (Å²) in [5, 5.41) is 26.3. The minimum Gasteiger partial charge on any atom is -0.342 e. The van der Waals surface area contributed by atoms with E-state index in [2.05, 4.69) is 15.3 Å². The fourth-order valence-corrected chi connectivity index (χ4v) is 5.28. The number of hydrogen-bond acceptors (Lipinski definition) is 9. The number of nitro benzene ring substituents is 2. The van der Waals surface area contributed by atoms with E-state index in [1.165, 1.54) is 47.8 Å². The maximum Gasteiger partial charge on any atom is 0.270 e. The van der Waals surface area contributed by atoms with Crippen molar-refractivity contribution < 1.29 is 14.6 Å². The van der Waals surface area contributed by atoms with Gasteiger partial charge in [0, 0.05) is 45.8 Å². The van der Waals surface area contributed by atoms with E-state index in [9.17, 15) is 25.0 Å². The molecule has 0 bridgehead atoms. The van der Waals surface area contributed by atoms with Gasteiger partial charge in [-0.3, -0.25) is 30.0 Å². The van der Waals surface area contributed by atoms with Crippen molar-refractivity contribution in [3.05, 3.63) is 117 Å². The first-order valence-electron chi connectivity index (χ1n) is 11.2. The van der Waals surface area contributed by atoms with Gasteiger partial charge in [0.25, 0.3) is 17.3 Å². The van der Waals surface area contributed by atoms with Gasteiger partial charge in [0.15, 0.2) is 0 Å². The monoisotopic (exact) mass is 547 g/mol. The Kier molecular flexibility index (Phi) is 8.03. The quantitative estimate of drug-likeness (QED) is 0.190. The predicted octanol–water partition coefficient (Wildman–Crippen LogP) is 6.26. The molecule has 0 unspecified atom stereocenters. The number of non-ortho nitro benzene ring substituents is 2. The van der Waals surface area contributed by atoms with Gasteiger partial charge in [0.1, 0.15) is 10.1 Å². The molecule has 1 amide bonds. The number of nitro groups is 2. The standard InChI is InChI=1S/C26H21N5O5S2/c1-26(2,22-11-3-4-12-27-22)29-25(32)17-13-23(37-20-9-5-7-18(15-20)30(33)34)28-24(14-17)38-21-10-6-8-19(16-21)31(35)36/h3-16H,1-2H3,(H,29,32). The zero-order valence-electron chi connectivity index (χ0n) is 20.2.